The van der Waals surface area contributed by atoms with Crippen LogP contribution in [0.1, 0.15) is 66.7 Å². The Kier molecular flexibility index (Phi) is 4.95. The number of hydrogen-bond donors (Lipinski definition) is 0. The molecule has 0 aromatic rings. The monoisotopic (exact) mass is 283 g/mol. The molecule has 2 amide bonds. The van der Waals surface area contributed by atoms with E-state index in [4.69, 9.17) is 4.84 Å². The minimum atomic E-state index is -0.692. The molecule has 1 aliphatic heterocycles. The van der Waals surface area contributed by atoms with Crippen LogP contribution in [0.4, 0.5) is 0 Å². The van der Waals surface area contributed by atoms with Gasteiger partial charge in [0.2, 0.25) is 0 Å². The first-order chi connectivity index (χ1) is 9.15. The van der Waals surface area contributed by atoms with Gasteiger partial charge in [-0.1, -0.05) is 34.1 Å². The fourth-order valence-corrected chi connectivity index (χ4v) is 2.37. The molecule has 0 aliphatic carbocycles. The molecular weight excluding hydrogens is 258 g/mol. The van der Waals surface area contributed by atoms with E-state index in [0.29, 0.717) is 17.9 Å². The highest BCUT2D eigenvalue weighted by molar-refractivity contribution is 6.01. The average molecular weight is 283 g/mol. The van der Waals surface area contributed by atoms with Crippen molar-refractivity contribution in [2.24, 2.45) is 10.8 Å². The van der Waals surface area contributed by atoms with Crippen molar-refractivity contribution in [1.82, 2.24) is 5.06 Å². The molecule has 1 atom stereocenters. The van der Waals surface area contributed by atoms with Crippen molar-refractivity contribution in [2.75, 3.05) is 0 Å². The quantitative estimate of drug-likeness (QED) is 0.703. The second kappa shape index (κ2) is 5.94. The van der Waals surface area contributed by atoms with Crippen LogP contribution in [-0.2, 0) is 19.2 Å². The predicted molar refractivity (Wildman–Crippen MR) is 74.3 cm³/mol. The van der Waals surface area contributed by atoms with E-state index in [1.54, 1.807) is 0 Å². The topological polar surface area (TPSA) is 63.7 Å². The molecule has 1 aliphatic rings. The van der Waals surface area contributed by atoms with Gasteiger partial charge in [-0.25, -0.2) is 4.79 Å². The summed E-state index contributed by atoms with van der Waals surface area (Å²) in [5.74, 6) is -1.36. The third-order valence-electron chi connectivity index (χ3n) is 4.28. The molecule has 1 rings (SSSR count). The molecule has 20 heavy (non-hydrogen) atoms. The Hall–Kier alpha value is -1.39. The van der Waals surface area contributed by atoms with Crippen molar-refractivity contribution in [2.45, 2.75) is 66.7 Å². The molecular formula is C15H25NO4. The maximum Gasteiger partial charge on any atom is 0.339 e. The highest BCUT2D eigenvalue weighted by atomic mass is 16.7. The van der Waals surface area contributed by atoms with Crippen molar-refractivity contribution in [3.05, 3.63) is 0 Å². The van der Waals surface area contributed by atoms with E-state index in [2.05, 4.69) is 20.8 Å². The van der Waals surface area contributed by atoms with E-state index in [1.807, 2.05) is 13.8 Å². The third-order valence-corrected chi connectivity index (χ3v) is 4.28. The maximum atomic E-state index is 12.4. The van der Waals surface area contributed by atoms with Gasteiger partial charge >= 0.3 is 5.97 Å². The highest BCUT2D eigenvalue weighted by Gasteiger charge is 2.42. The number of carbonyl (C=O) groups excluding carboxylic acids is 3. The van der Waals surface area contributed by atoms with Crippen LogP contribution in [0, 0.1) is 10.8 Å². The zero-order valence-electron chi connectivity index (χ0n) is 13.1. The molecule has 1 heterocycles. The van der Waals surface area contributed by atoms with E-state index in [-0.39, 0.29) is 18.3 Å². The SMILES string of the molecule is CCC(C)(C)CC(C)(CC)C(=O)ON1C(=O)CCC1=O. The minimum absolute atomic E-state index is 0.00278. The van der Waals surface area contributed by atoms with Crippen LogP contribution in [-0.4, -0.2) is 22.8 Å². The average Bonchev–Trinajstić information content (AvgIpc) is 2.69. The van der Waals surface area contributed by atoms with Gasteiger partial charge in [0.15, 0.2) is 0 Å². The number of amides is 2. The summed E-state index contributed by atoms with van der Waals surface area (Å²) in [6.07, 6.45) is 2.44. The van der Waals surface area contributed by atoms with Crippen molar-refractivity contribution >= 4 is 17.8 Å². The third kappa shape index (κ3) is 3.58. The summed E-state index contributed by atoms with van der Waals surface area (Å²) >= 11 is 0. The van der Waals surface area contributed by atoms with Gasteiger partial charge in [-0.2, -0.15) is 0 Å². The van der Waals surface area contributed by atoms with E-state index in [0.717, 1.165) is 6.42 Å². The number of nitrogens with zero attached hydrogens (tertiary/aromatic N) is 1. The van der Waals surface area contributed by atoms with Crippen LogP contribution < -0.4 is 0 Å². The number of hydroxylamine groups is 2. The summed E-state index contributed by atoms with van der Waals surface area (Å²) in [6, 6.07) is 0. The van der Waals surface area contributed by atoms with Crippen LogP contribution in [0.15, 0.2) is 0 Å². The first kappa shape index (κ1) is 16.7. The minimum Gasteiger partial charge on any atom is -0.330 e. The normalized spacial score (nSPS) is 19.1. The fourth-order valence-electron chi connectivity index (χ4n) is 2.37. The molecule has 5 heteroatoms. The molecule has 0 spiro atoms. The van der Waals surface area contributed by atoms with Gasteiger partial charge in [-0.05, 0) is 25.2 Å². The molecule has 1 unspecified atom stereocenters. The largest absolute Gasteiger partial charge is 0.339 e. The number of rotatable bonds is 6. The van der Waals surface area contributed by atoms with Crippen molar-refractivity contribution in [3.8, 4) is 0 Å². The summed E-state index contributed by atoms with van der Waals surface area (Å²) < 4.78 is 0. The Bertz CT molecular complexity index is 400. The standard InChI is InChI=1S/C15H25NO4/c1-6-14(3,4)10-15(5,7-2)13(19)20-16-11(17)8-9-12(16)18/h6-10H2,1-5H3. The van der Waals surface area contributed by atoms with Crippen molar-refractivity contribution in [3.63, 3.8) is 0 Å². The Morgan fingerprint density at radius 1 is 1.10 bits per heavy atom. The highest BCUT2D eigenvalue weighted by Crippen LogP contribution is 2.39. The molecule has 0 bridgehead atoms. The zero-order valence-corrected chi connectivity index (χ0v) is 13.1. The smallest absolute Gasteiger partial charge is 0.330 e. The molecule has 0 N–H and O–H groups in total. The van der Waals surface area contributed by atoms with E-state index in [9.17, 15) is 14.4 Å². The van der Waals surface area contributed by atoms with Gasteiger partial charge in [-0.15, -0.1) is 5.06 Å². The molecule has 1 fully saturated rings. The Labute approximate surface area is 120 Å². The van der Waals surface area contributed by atoms with Crippen LogP contribution in [0.3, 0.4) is 0 Å². The lowest BCUT2D eigenvalue weighted by Gasteiger charge is -2.34. The van der Waals surface area contributed by atoms with E-state index < -0.39 is 23.2 Å². The second-order valence-electron chi connectivity index (χ2n) is 6.57. The molecule has 0 aromatic heterocycles. The van der Waals surface area contributed by atoms with Crippen LogP contribution in [0.25, 0.3) is 0 Å². The Morgan fingerprint density at radius 3 is 2.00 bits per heavy atom. The first-order valence-electron chi connectivity index (χ1n) is 7.23. The predicted octanol–water partition coefficient (Wildman–Crippen LogP) is 2.84. The summed E-state index contributed by atoms with van der Waals surface area (Å²) in [4.78, 5) is 40.5. The van der Waals surface area contributed by atoms with Crippen molar-refractivity contribution < 1.29 is 19.2 Å². The summed E-state index contributed by atoms with van der Waals surface area (Å²) in [7, 11) is 0. The molecule has 0 saturated carbocycles. The van der Waals surface area contributed by atoms with Gasteiger partial charge < -0.3 is 4.84 Å². The summed E-state index contributed by atoms with van der Waals surface area (Å²) in [5, 5.41) is 0.634. The fraction of sp³-hybridized carbons (Fsp3) is 0.800. The number of carbonyl (C=O) groups is 3. The Balaban J connectivity index is 2.81. The molecule has 0 aromatic carbocycles. The number of hydrogen-bond acceptors (Lipinski definition) is 4. The van der Waals surface area contributed by atoms with Gasteiger partial charge in [0.05, 0.1) is 5.41 Å². The lowest BCUT2D eigenvalue weighted by atomic mass is 9.71. The first-order valence-corrected chi connectivity index (χ1v) is 7.23. The van der Waals surface area contributed by atoms with Gasteiger partial charge in [0.25, 0.3) is 11.8 Å². The van der Waals surface area contributed by atoms with E-state index in [1.165, 1.54) is 0 Å². The van der Waals surface area contributed by atoms with Gasteiger partial charge in [0, 0.05) is 12.8 Å². The molecule has 114 valence electrons. The number of imide groups is 1. The molecule has 5 nitrogen and oxygen atoms in total. The zero-order chi connectivity index (χ0) is 15.6. The Morgan fingerprint density at radius 2 is 1.60 bits per heavy atom. The summed E-state index contributed by atoms with van der Waals surface area (Å²) in [6.45, 7) is 10.0. The second-order valence-corrected chi connectivity index (χ2v) is 6.57. The maximum absolute atomic E-state index is 12.4. The lowest BCUT2D eigenvalue weighted by Crippen LogP contribution is -2.40. The lowest BCUT2D eigenvalue weighted by molar-refractivity contribution is -0.206. The van der Waals surface area contributed by atoms with Crippen LogP contribution in [0.2, 0.25) is 0 Å². The molecule has 1 saturated heterocycles. The van der Waals surface area contributed by atoms with E-state index >= 15 is 0 Å². The summed E-state index contributed by atoms with van der Waals surface area (Å²) in [5.41, 5.74) is -0.689. The molecule has 0 radical (unpaired) electrons. The van der Waals surface area contributed by atoms with Crippen molar-refractivity contribution in [1.29, 1.82) is 0 Å². The van der Waals surface area contributed by atoms with Crippen LogP contribution in [0.5, 0.6) is 0 Å². The van der Waals surface area contributed by atoms with Crippen LogP contribution >= 0.6 is 0 Å². The van der Waals surface area contributed by atoms with Gasteiger partial charge in [0.1, 0.15) is 0 Å². The van der Waals surface area contributed by atoms with Gasteiger partial charge in [-0.3, -0.25) is 9.59 Å².